The van der Waals surface area contributed by atoms with Gasteiger partial charge in [-0.25, -0.2) is 0 Å². The van der Waals surface area contributed by atoms with E-state index in [1.54, 1.807) is 0 Å². The molecule has 3 unspecified atom stereocenters. The maximum atomic E-state index is 3.59. The summed E-state index contributed by atoms with van der Waals surface area (Å²) in [5.41, 5.74) is 0.463. The summed E-state index contributed by atoms with van der Waals surface area (Å²) in [5.74, 6) is 1.63. The quantitative estimate of drug-likeness (QED) is 0.599. The van der Waals surface area contributed by atoms with Crippen LogP contribution in [0.1, 0.15) is 60.8 Å². The van der Waals surface area contributed by atoms with Crippen LogP contribution in [-0.4, -0.2) is 13.1 Å². The van der Waals surface area contributed by atoms with Gasteiger partial charge >= 0.3 is 0 Å². The summed E-state index contributed by atoms with van der Waals surface area (Å²) in [6.07, 6.45) is 3.80. The second kappa shape index (κ2) is 7.27. The monoisotopic (exact) mass is 213 g/mol. The van der Waals surface area contributed by atoms with Crippen molar-refractivity contribution in [3.05, 3.63) is 0 Å². The van der Waals surface area contributed by atoms with Crippen LogP contribution in [0.3, 0.4) is 0 Å². The molecule has 0 aliphatic carbocycles. The minimum Gasteiger partial charge on any atom is -0.316 e. The molecule has 0 rings (SSSR count). The fourth-order valence-corrected chi connectivity index (χ4v) is 2.20. The molecule has 1 N–H and O–H groups in total. The van der Waals surface area contributed by atoms with Gasteiger partial charge in [-0.2, -0.15) is 0 Å². The summed E-state index contributed by atoms with van der Waals surface area (Å²) >= 11 is 0. The molecule has 0 saturated carbocycles. The van der Waals surface area contributed by atoms with Crippen LogP contribution in [0.4, 0.5) is 0 Å². The van der Waals surface area contributed by atoms with Crippen molar-refractivity contribution in [3.63, 3.8) is 0 Å². The Bertz CT molecular complexity index is 155. The second-order valence-corrected chi connectivity index (χ2v) is 5.36. The van der Waals surface area contributed by atoms with Crippen LogP contribution in [0.2, 0.25) is 0 Å². The molecule has 0 aromatic rings. The number of nitrogens with one attached hydrogen (secondary N) is 1. The number of hydrogen-bond acceptors (Lipinski definition) is 1. The Balaban J connectivity index is 4.26. The lowest BCUT2D eigenvalue weighted by Crippen LogP contribution is -2.39. The zero-order chi connectivity index (χ0) is 11.9. The van der Waals surface area contributed by atoms with Gasteiger partial charge in [-0.05, 0) is 36.6 Å². The van der Waals surface area contributed by atoms with Crippen molar-refractivity contribution in [1.82, 2.24) is 5.32 Å². The van der Waals surface area contributed by atoms with Gasteiger partial charge < -0.3 is 5.32 Å². The van der Waals surface area contributed by atoms with Gasteiger partial charge in [0, 0.05) is 6.54 Å². The first-order valence-electron chi connectivity index (χ1n) is 6.72. The van der Waals surface area contributed by atoms with E-state index in [0.29, 0.717) is 5.41 Å². The molecule has 15 heavy (non-hydrogen) atoms. The number of rotatable bonds is 8. The van der Waals surface area contributed by atoms with Crippen LogP contribution in [0.25, 0.3) is 0 Å². The smallest absolute Gasteiger partial charge is 0.000771 e. The highest BCUT2D eigenvalue weighted by Gasteiger charge is 2.31. The zero-order valence-corrected chi connectivity index (χ0v) is 11.7. The minimum atomic E-state index is 0.463. The van der Waals surface area contributed by atoms with E-state index in [9.17, 15) is 0 Å². The molecule has 0 aliphatic rings. The van der Waals surface area contributed by atoms with Gasteiger partial charge in [0.25, 0.3) is 0 Å². The molecular weight excluding hydrogens is 182 g/mol. The molecule has 0 saturated heterocycles. The molecule has 0 heterocycles. The summed E-state index contributed by atoms with van der Waals surface area (Å²) in [5, 5.41) is 3.59. The minimum absolute atomic E-state index is 0.463. The van der Waals surface area contributed by atoms with Crippen molar-refractivity contribution < 1.29 is 0 Å². The third-order valence-corrected chi connectivity index (χ3v) is 4.36. The molecule has 3 atom stereocenters. The van der Waals surface area contributed by atoms with E-state index in [4.69, 9.17) is 0 Å². The van der Waals surface area contributed by atoms with E-state index in [-0.39, 0.29) is 0 Å². The average molecular weight is 213 g/mol. The van der Waals surface area contributed by atoms with Crippen molar-refractivity contribution >= 4 is 0 Å². The van der Waals surface area contributed by atoms with Crippen molar-refractivity contribution in [3.8, 4) is 0 Å². The molecule has 0 aliphatic heterocycles. The topological polar surface area (TPSA) is 12.0 Å². The third kappa shape index (κ3) is 4.55. The first kappa shape index (κ1) is 15.0. The number of hydrogen-bond donors (Lipinski definition) is 1. The predicted molar refractivity (Wildman–Crippen MR) is 70.2 cm³/mol. The van der Waals surface area contributed by atoms with Crippen molar-refractivity contribution in [2.24, 2.45) is 17.3 Å². The van der Waals surface area contributed by atoms with Crippen molar-refractivity contribution in [2.45, 2.75) is 60.8 Å². The Hall–Kier alpha value is -0.0400. The summed E-state index contributed by atoms with van der Waals surface area (Å²) in [6, 6.07) is 0. The van der Waals surface area contributed by atoms with Crippen LogP contribution in [0, 0.1) is 17.3 Å². The molecule has 1 nitrogen and oxygen atoms in total. The standard InChI is InChI=1S/C14H31N/c1-7-10-15-11-14(6,9-3)13(5)12(4)8-2/h12-13,15H,7-11H2,1-6H3. The van der Waals surface area contributed by atoms with Crippen LogP contribution in [0.5, 0.6) is 0 Å². The highest BCUT2D eigenvalue weighted by atomic mass is 14.9. The SMILES string of the molecule is CCCNCC(C)(CC)C(C)C(C)CC. The lowest BCUT2D eigenvalue weighted by molar-refractivity contribution is 0.130. The molecule has 0 amide bonds. The maximum Gasteiger partial charge on any atom is 0.000771 e. The summed E-state index contributed by atoms with van der Waals surface area (Å²) in [7, 11) is 0. The normalized spacial score (nSPS) is 19.6. The van der Waals surface area contributed by atoms with Gasteiger partial charge in [-0.15, -0.1) is 0 Å². The van der Waals surface area contributed by atoms with Crippen LogP contribution in [0.15, 0.2) is 0 Å². The van der Waals surface area contributed by atoms with Crippen LogP contribution < -0.4 is 5.32 Å². The Labute approximate surface area is 97.0 Å². The molecule has 0 radical (unpaired) electrons. The van der Waals surface area contributed by atoms with E-state index in [0.717, 1.165) is 18.4 Å². The van der Waals surface area contributed by atoms with Gasteiger partial charge in [-0.3, -0.25) is 0 Å². The molecule has 0 spiro atoms. The molecule has 0 bridgehead atoms. The van der Waals surface area contributed by atoms with Gasteiger partial charge in [0.05, 0.1) is 0 Å². The predicted octanol–water partition coefficient (Wildman–Crippen LogP) is 4.08. The van der Waals surface area contributed by atoms with Crippen LogP contribution >= 0.6 is 0 Å². The molecule has 1 heteroatoms. The lowest BCUT2D eigenvalue weighted by atomic mass is 9.69. The lowest BCUT2D eigenvalue weighted by Gasteiger charge is -2.38. The Morgan fingerprint density at radius 3 is 2.13 bits per heavy atom. The summed E-state index contributed by atoms with van der Waals surface area (Å²) in [4.78, 5) is 0. The Kier molecular flexibility index (Phi) is 7.25. The second-order valence-electron chi connectivity index (χ2n) is 5.36. The summed E-state index contributed by atoms with van der Waals surface area (Å²) in [6.45, 7) is 16.4. The zero-order valence-electron chi connectivity index (χ0n) is 11.7. The largest absolute Gasteiger partial charge is 0.316 e. The molecule has 92 valence electrons. The van der Waals surface area contributed by atoms with E-state index in [2.05, 4.69) is 46.9 Å². The first-order valence-corrected chi connectivity index (χ1v) is 6.72. The fraction of sp³-hybridized carbons (Fsp3) is 1.00. The van der Waals surface area contributed by atoms with Crippen molar-refractivity contribution in [2.75, 3.05) is 13.1 Å². The molecule has 0 aromatic heterocycles. The van der Waals surface area contributed by atoms with Gasteiger partial charge in [-0.1, -0.05) is 48.0 Å². The molecule has 0 aromatic carbocycles. The fourth-order valence-electron chi connectivity index (χ4n) is 2.20. The molecule has 0 fully saturated rings. The van der Waals surface area contributed by atoms with Gasteiger partial charge in [0.2, 0.25) is 0 Å². The maximum absolute atomic E-state index is 3.59. The van der Waals surface area contributed by atoms with E-state index >= 15 is 0 Å². The van der Waals surface area contributed by atoms with Crippen LogP contribution in [-0.2, 0) is 0 Å². The van der Waals surface area contributed by atoms with E-state index < -0.39 is 0 Å². The Morgan fingerprint density at radius 2 is 1.73 bits per heavy atom. The summed E-state index contributed by atoms with van der Waals surface area (Å²) < 4.78 is 0. The van der Waals surface area contributed by atoms with E-state index in [1.165, 1.54) is 25.8 Å². The highest BCUT2D eigenvalue weighted by molar-refractivity contribution is 4.83. The average Bonchev–Trinajstić information content (AvgIpc) is 2.27. The van der Waals surface area contributed by atoms with Crippen molar-refractivity contribution in [1.29, 1.82) is 0 Å². The Morgan fingerprint density at radius 1 is 1.13 bits per heavy atom. The van der Waals surface area contributed by atoms with Gasteiger partial charge in [0.15, 0.2) is 0 Å². The third-order valence-electron chi connectivity index (χ3n) is 4.36. The van der Waals surface area contributed by atoms with Gasteiger partial charge in [0.1, 0.15) is 0 Å². The van der Waals surface area contributed by atoms with E-state index in [1.807, 2.05) is 0 Å². The molecular formula is C14H31N. The first-order chi connectivity index (χ1) is 7.01. The highest BCUT2D eigenvalue weighted by Crippen LogP contribution is 2.36.